The number of nitrogens with one attached hydrogen (secondary N) is 2. The molecule has 0 saturated carbocycles. The average molecular weight is 360 g/mol. The van der Waals surface area contributed by atoms with Crippen molar-refractivity contribution in [2.75, 3.05) is 10.6 Å². The summed E-state index contributed by atoms with van der Waals surface area (Å²) in [5.41, 5.74) is 2.73. The van der Waals surface area contributed by atoms with Crippen LogP contribution in [0.3, 0.4) is 0 Å². The molecule has 4 aromatic rings. The molecule has 4 nitrogen and oxygen atoms in total. The van der Waals surface area contributed by atoms with Gasteiger partial charge in [-0.3, -0.25) is 0 Å². The van der Waals surface area contributed by atoms with Crippen LogP contribution in [0.4, 0.5) is 11.4 Å². The van der Waals surface area contributed by atoms with Crippen molar-refractivity contribution in [1.82, 2.24) is 0 Å². The summed E-state index contributed by atoms with van der Waals surface area (Å²) in [5, 5.41) is 10.0. The first-order chi connectivity index (χ1) is 12.6. The van der Waals surface area contributed by atoms with Crippen LogP contribution in [0.15, 0.2) is 75.9 Å². The Morgan fingerprint density at radius 3 is 2.38 bits per heavy atom. The molecule has 0 radical (unpaired) electrons. The third-order valence-corrected chi connectivity index (χ3v) is 4.42. The topological polar surface area (TPSA) is 54.3 Å². The Morgan fingerprint density at radius 2 is 1.58 bits per heavy atom. The summed E-state index contributed by atoms with van der Waals surface area (Å²) in [6.45, 7) is 1.89. The van der Waals surface area contributed by atoms with Crippen molar-refractivity contribution in [1.29, 1.82) is 0 Å². The number of hydrogen-bond donors (Lipinski definition) is 2. The predicted molar refractivity (Wildman–Crippen MR) is 111 cm³/mol. The minimum absolute atomic E-state index is 0.357. The van der Waals surface area contributed by atoms with E-state index in [0.29, 0.717) is 10.7 Å². The molecule has 2 N–H and O–H groups in total. The third-order valence-electron chi connectivity index (χ3n) is 4.22. The second kappa shape index (κ2) is 6.61. The maximum Gasteiger partial charge on any atom is 0.336 e. The van der Waals surface area contributed by atoms with Gasteiger partial charge in [0.1, 0.15) is 5.58 Å². The van der Waals surface area contributed by atoms with Gasteiger partial charge in [0.2, 0.25) is 0 Å². The predicted octanol–water partition coefficient (Wildman–Crippen LogP) is 5.06. The molecule has 0 bridgehead atoms. The molecule has 0 fully saturated rings. The number of rotatable bonds is 2. The van der Waals surface area contributed by atoms with Gasteiger partial charge >= 0.3 is 5.63 Å². The Balaban J connectivity index is 1.55. The van der Waals surface area contributed by atoms with Gasteiger partial charge in [-0.15, -0.1) is 0 Å². The fraction of sp³-hybridized carbons (Fsp3) is 0.0476. The van der Waals surface area contributed by atoms with Crippen molar-refractivity contribution in [3.8, 4) is 0 Å². The zero-order chi connectivity index (χ0) is 18.1. The third kappa shape index (κ3) is 3.30. The van der Waals surface area contributed by atoms with E-state index in [1.165, 1.54) is 11.5 Å². The van der Waals surface area contributed by atoms with Crippen LogP contribution in [0.5, 0.6) is 0 Å². The normalized spacial score (nSPS) is 10.8. The Morgan fingerprint density at radius 1 is 0.885 bits per heavy atom. The maximum atomic E-state index is 11.6. The van der Waals surface area contributed by atoms with E-state index in [1.54, 1.807) is 6.07 Å². The van der Waals surface area contributed by atoms with Crippen LogP contribution >= 0.6 is 12.2 Å². The highest BCUT2D eigenvalue weighted by Crippen LogP contribution is 2.22. The summed E-state index contributed by atoms with van der Waals surface area (Å²) in [6.07, 6.45) is 0. The Labute approximate surface area is 155 Å². The van der Waals surface area contributed by atoms with Crippen molar-refractivity contribution in [3.05, 3.63) is 82.7 Å². The quantitative estimate of drug-likeness (QED) is 0.386. The molecule has 3 aromatic carbocycles. The second-order valence-electron chi connectivity index (χ2n) is 6.10. The molecule has 1 heterocycles. The molecule has 1 aromatic heterocycles. The lowest BCUT2D eigenvalue weighted by molar-refractivity contribution is 0.560. The second-order valence-corrected chi connectivity index (χ2v) is 6.51. The summed E-state index contributed by atoms with van der Waals surface area (Å²) in [4.78, 5) is 11.6. The van der Waals surface area contributed by atoms with E-state index in [1.807, 2.05) is 49.4 Å². The monoisotopic (exact) mass is 360 g/mol. The molecule has 0 aliphatic rings. The van der Waals surface area contributed by atoms with Crippen LogP contribution in [-0.4, -0.2) is 5.11 Å². The molecule has 128 valence electrons. The number of anilines is 2. The lowest BCUT2D eigenvalue weighted by Gasteiger charge is -2.12. The van der Waals surface area contributed by atoms with Crippen LogP contribution < -0.4 is 16.3 Å². The Hall–Kier alpha value is -3.18. The highest BCUT2D eigenvalue weighted by Gasteiger charge is 2.05. The number of thiocarbonyl (C=S) groups is 1. The molecule has 26 heavy (non-hydrogen) atoms. The van der Waals surface area contributed by atoms with E-state index in [-0.39, 0.29) is 5.63 Å². The van der Waals surface area contributed by atoms with Crippen molar-refractivity contribution in [3.63, 3.8) is 0 Å². The van der Waals surface area contributed by atoms with E-state index in [9.17, 15) is 4.79 Å². The summed E-state index contributed by atoms with van der Waals surface area (Å²) in [7, 11) is 0. The molecule has 0 aliphatic heterocycles. The van der Waals surface area contributed by atoms with Gasteiger partial charge in [0.15, 0.2) is 5.11 Å². The van der Waals surface area contributed by atoms with Crippen LogP contribution in [-0.2, 0) is 0 Å². The summed E-state index contributed by atoms with van der Waals surface area (Å²) in [6, 6.07) is 21.3. The molecule has 5 heteroatoms. The maximum absolute atomic E-state index is 11.6. The van der Waals surface area contributed by atoms with E-state index < -0.39 is 0 Å². The summed E-state index contributed by atoms with van der Waals surface area (Å²) in [5.74, 6) is 0. The highest BCUT2D eigenvalue weighted by molar-refractivity contribution is 7.80. The summed E-state index contributed by atoms with van der Waals surface area (Å²) >= 11 is 5.40. The van der Waals surface area contributed by atoms with Gasteiger partial charge in [-0.2, -0.15) is 0 Å². The molecule has 4 rings (SSSR count). The lowest BCUT2D eigenvalue weighted by Crippen LogP contribution is -2.19. The lowest BCUT2D eigenvalue weighted by atomic mass is 10.1. The standard InChI is InChI=1S/C21H16N2O2S/c1-13-10-20(24)25-19-12-17(8-9-18(13)19)23-21(26)22-16-7-6-14-4-2-3-5-15(14)11-16/h2-12H,1H3,(H2,22,23,26). The van der Waals surface area contributed by atoms with Crippen molar-refractivity contribution < 1.29 is 4.42 Å². The first kappa shape index (κ1) is 16.3. The smallest absolute Gasteiger partial charge is 0.336 e. The Bertz CT molecular complexity index is 1200. The molecule has 0 saturated heterocycles. The molecule has 0 aliphatic carbocycles. The first-order valence-corrected chi connectivity index (χ1v) is 8.61. The van der Waals surface area contributed by atoms with Gasteiger partial charge in [-0.25, -0.2) is 4.79 Å². The van der Waals surface area contributed by atoms with Crippen molar-refractivity contribution in [2.24, 2.45) is 0 Å². The average Bonchev–Trinajstić information content (AvgIpc) is 2.61. The van der Waals surface area contributed by atoms with Gasteiger partial charge in [0, 0.05) is 28.9 Å². The van der Waals surface area contributed by atoms with Gasteiger partial charge in [0.05, 0.1) is 0 Å². The van der Waals surface area contributed by atoms with E-state index in [2.05, 4.69) is 22.8 Å². The highest BCUT2D eigenvalue weighted by atomic mass is 32.1. The summed E-state index contributed by atoms with van der Waals surface area (Å²) < 4.78 is 5.27. The fourth-order valence-electron chi connectivity index (χ4n) is 2.96. The van der Waals surface area contributed by atoms with E-state index in [0.717, 1.165) is 27.7 Å². The van der Waals surface area contributed by atoms with Gasteiger partial charge in [-0.1, -0.05) is 30.3 Å². The number of hydrogen-bond acceptors (Lipinski definition) is 3. The van der Waals surface area contributed by atoms with Crippen LogP contribution in [0.2, 0.25) is 0 Å². The van der Waals surface area contributed by atoms with Crippen LogP contribution in [0, 0.1) is 6.92 Å². The molecule has 0 unspecified atom stereocenters. The number of fused-ring (bicyclic) bond motifs is 2. The molecule has 0 atom stereocenters. The minimum Gasteiger partial charge on any atom is -0.423 e. The van der Waals surface area contributed by atoms with Crippen molar-refractivity contribution >= 4 is 50.4 Å². The van der Waals surface area contributed by atoms with Gasteiger partial charge in [-0.05, 0) is 59.7 Å². The first-order valence-electron chi connectivity index (χ1n) is 8.20. The van der Waals surface area contributed by atoms with Crippen molar-refractivity contribution in [2.45, 2.75) is 6.92 Å². The van der Waals surface area contributed by atoms with Crippen LogP contribution in [0.25, 0.3) is 21.7 Å². The molecule has 0 amide bonds. The number of aryl methyl sites for hydroxylation is 1. The van der Waals surface area contributed by atoms with E-state index >= 15 is 0 Å². The van der Waals surface area contributed by atoms with E-state index in [4.69, 9.17) is 16.6 Å². The minimum atomic E-state index is -0.357. The van der Waals surface area contributed by atoms with Crippen LogP contribution in [0.1, 0.15) is 5.56 Å². The van der Waals surface area contributed by atoms with Gasteiger partial charge < -0.3 is 15.1 Å². The SMILES string of the molecule is Cc1cc(=O)oc2cc(NC(=S)Nc3ccc4ccccc4c3)ccc12. The number of benzene rings is 3. The zero-order valence-corrected chi connectivity index (χ0v) is 14.9. The fourth-order valence-corrected chi connectivity index (χ4v) is 3.20. The Kier molecular flexibility index (Phi) is 4.14. The zero-order valence-electron chi connectivity index (χ0n) is 14.1. The molecular formula is C21H16N2O2S. The largest absolute Gasteiger partial charge is 0.423 e. The molecular weight excluding hydrogens is 344 g/mol. The van der Waals surface area contributed by atoms with Gasteiger partial charge in [0.25, 0.3) is 0 Å². The molecule has 0 spiro atoms.